The minimum absolute atomic E-state index is 0.132. The van der Waals surface area contributed by atoms with Gasteiger partial charge < -0.3 is 10.2 Å². The van der Waals surface area contributed by atoms with Crippen molar-refractivity contribution >= 4 is 11.5 Å². The van der Waals surface area contributed by atoms with E-state index in [-0.39, 0.29) is 10.6 Å². The Morgan fingerprint density at radius 3 is 2.76 bits per heavy atom. The first-order chi connectivity index (χ1) is 10.1. The molecule has 2 saturated heterocycles. The first-order valence-corrected chi connectivity index (χ1v) is 7.74. The lowest BCUT2D eigenvalue weighted by atomic mass is 9.88. The van der Waals surface area contributed by atoms with Gasteiger partial charge in [-0.15, -0.1) is 0 Å². The molecule has 1 N–H and O–H groups in total. The summed E-state index contributed by atoms with van der Waals surface area (Å²) in [4.78, 5) is 17.3. The third kappa shape index (κ3) is 3.00. The molecule has 3 heterocycles. The summed E-state index contributed by atoms with van der Waals surface area (Å²) in [7, 11) is 0. The molecule has 6 heteroatoms. The molecule has 2 aliphatic rings. The molecule has 1 aromatic heterocycles. The zero-order valence-electron chi connectivity index (χ0n) is 12.4. The van der Waals surface area contributed by atoms with E-state index in [0.717, 1.165) is 38.0 Å². The molecule has 2 fully saturated rings. The first-order valence-electron chi connectivity index (χ1n) is 7.74. The molecule has 0 bridgehead atoms. The zero-order valence-corrected chi connectivity index (χ0v) is 12.4. The number of piperidine rings is 1. The van der Waals surface area contributed by atoms with Crippen LogP contribution in [0.15, 0.2) is 12.3 Å². The van der Waals surface area contributed by atoms with Crippen molar-refractivity contribution in [2.24, 2.45) is 5.92 Å². The fourth-order valence-electron chi connectivity index (χ4n) is 3.55. The van der Waals surface area contributed by atoms with Crippen LogP contribution in [-0.4, -0.2) is 35.6 Å². The van der Waals surface area contributed by atoms with Crippen LogP contribution in [0.2, 0.25) is 0 Å². The van der Waals surface area contributed by atoms with E-state index in [4.69, 9.17) is 0 Å². The van der Waals surface area contributed by atoms with Crippen molar-refractivity contribution in [3.8, 4) is 0 Å². The molecule has 0 aromatic carbocycles. The molecule has 0 saturated carbocycles. The maximum atomic E-state index is 11.2. The van der Waals surface area contributed by atoms with Crippen molar-refractivity contribution in [2.75, 3.05) is 24.5 Å². The lowest BCUT2D eigenvalue weighted by Crippen LogP contribution is -2.41. The summed E-state index contributed by atoms with van der Waals surface area (Å²) < 4.78 is 0. The minimum atomic E-state index is -0.319. The van der Waals surface area contributed by atoms with Crippen molar-refractivity contribution in [1.29, 1.82) is 0 Å². The van der Waals surface area contributed by atoms with Crippen LogP contribution < -0.4 is 10.2 Å². The predicted molar refractivity (Wildman–Crippen MR) is 81.6 cm³/mol. The highest BCUT2D eigenvalue weighted by atomic mass is 16.6. The maximum absolute atomic E-state index is 11.2. The van der Waals surface area contributed by atoms with E-state index >= 15 is 0 Å². The monoisotopic (exact) mass is 290 g/mol. The van der Waals surface area contributed by atoms with Gasteiger partial charge in [-0.3, -0.25) is 10.1 Å². The molecule has 21 heavy (non-hydrogen) atoms. The number of hydrogen-bond donors (Lipinski definition) is 1. The van der Waals surface area contributed by atoms with Crippen molar-refractivity contribution in [2.45, 2.75) is 38.6 Å². The smallest absolute Gasteiger partial charge is 0.311 e. The van der Waals surface area contributed by atoms with Crippen LogP contribution in [0, 0.1) is 23.0 Å². The highest BCUT2D eigenvalue weighted by Crippen LogP contribution is 2.32. The fraction of sp³-hybridized carbons (Fsp3) is 0.667. The van der Waals surface area contributed by atoms with Gasteiger partial charge in [0.05, 0.1) is 4.92 Å². The highest BCUT2D eigenvalue weighted by molar-refractivity contribution is 5.58. The molecule has 0 amide bonds. The van der Waals surface area contributed by atoms with E-state index < -0.39 is 0 Å². The van der Waals surface area contributed by atoms with Crippen LogP contribution in [0.5, 0.6) is 0 Å². The standard InChI is InChI=1S/C15H22N4O2/c1-11-9-14(19(20)21)15(17-10-11)18-7-4-12(5-8-18)13-3-2-6-16-13/h9-10,12-13,16H,2-8H2,1H3. The van der Waals surface area contributed by atoms with Crippen LogP contribution in [0.1, 0.15) is 31.2 Å². The summed E-state index contributed by atoms with van der Waals surface area (Å²) in [5.74, 6) is 1.23. The third-order valence-electron chi connectivity index (χ3n) is 4.69. The Morgan fingerprint density at radius 1 is 1.38 bits per heavy atom. The van der Waals surface area contributed by atoms with Crippen molar-refractivity contribution in [3.63, 3.8) is 0 Å². The quantitative estimate of drug-likeness (QED) is 0.683. The second-order valence-corrected chi connectivity index (χ2v) is 6.14. The Hall–Kier alpha value is -1.69. The Bertz CT molecular complexity index is 520. The van der Waals surface area contributed by atoms with Gasteiger partial charge in [-0.25, -0.2) is 4.98 Å². The molecular formula is C15H22N4O2. The van der Waals surface area contributed by atoms with E-state index in [0.29, 0.717) is 17.8 Å². The molecular weight excluding hydrogens is 268 g/mol. The molecule has 0 spiro atoms. The van der Waals surface area contributed by atoms with Crippen LogP contribution in [0.4, 0.5) is 11.5 Å². The molecule has 2 aliphatic heterocycles. The molecule has 0 aliphatic carbocycles. The maximum Gasteiger partial charge on any atom is 0.311 e. The summed E-state index contributed by atoms with van der Waals surface area (Å²) in [6.45, 7) is 4.69. The predicted octanol–water partition coefficient (Wildman–Crippen LogP) is 2.27. The highest BCUT2D eigenvalue weighted by Gasteiger charge is 2.31. The van der Waals surface area contributed by atoms with Crippen LogP contribution in [0.25, 0.3) is 0 Å². The number of aryl methyl sites for hydroxylation is 1. The number of anilines is 1. The third-order valence-corrected chi connectivity index (χ3v) is 4.69. The Morgan fingerprint density at radius 2 is 2.14 bits per heavy atom. The molecule has 1 atom stereocenters. The normalized spacial score (nSPS) is 23.5. The number of aromatic nitrogens is 1. The molecule has 0 radical (unpaired) electrons. The Balaban J connectivity index is 1.70. The van der Waals surface area contributed by atoms with Gasteiger partial charge >= 0.3 is 5.69 Å². The fourth-order valence-corrected chi connectivity index (χ4v) is 3.55. The van der Waals surface area contributed by atoms with Gasteiger partial charge in [0, 0.05) is 31.4 Å². The van der Waals surface area contributed by atoms with Crippen LogP contribution in [0.3, 0.4) is 0 Å². The number of nitro groups is 1. The number of nitrogens with zero attached hydrogens (tertiary/aromatic N) is 3. The van der Waals surface area contributed by atoms with Gasteiger partial charge in [0.1, 0.15) is 0 Å². The minimum Gasteiger partial charge on any atom is -0.351 e. The number of nitrogens with one attached hydrogen (secondary N) is 1. The molecule has 6 nitrogen and oxygen atoms in total. The lowest BCUT2D eigenvalue weighted by molar-refractivity contribution is -0.384. The van der Waals surface area contributed by atoms with Gasteiger partial charge in [0.15, 0.2) is 0 Å². The van der Waals surface area contributed by atoms with Crippen molar-refractivity contribution in [3.05, 3.63) is 27.9 Å². The van der Waals surface area contributed by atoms with E-state index in [2.05, 4.69) is 15.2 Å². The second kappa shape index (κ2) is 5.97. The van der Waals surface area contributed by atoms with Gasteiger partial charge in [0.2, 0.25) is 5.82 Å². The number of hydrogen-bond acceptors (Lipinski definition) is 5. The summed E-state index contributed by atoms with van der Waals surface area (Å²) in [5, 5.41) is 14.8. The summed E-state index contributed by atoms with van der Waals surface area (Å²) in [6.07, 6.45) is 6.44. The second-order valence-electron chi connectivity index (χ2n) is 6.14. The van der Waals surface area contributed by atoms with E-state index in [1.165, 1.54) is 12.8 Å². The van der Waals surface area contributed by atoms with Crippen LogP contribution in [-0.2, 0) is 0 Å². The average Bonchev–Trinajstić information content (AvgIpc) is 3.01. The average molecular weight is 290 g/mol. The number of rotatable bonds is 3. The van der Waals surface area contributed by atoms with Crippen molar-refractivity contribution in [1.82, 2.24) is 10.3 Å². The van der Waals surface area contributed by atoms with Gasteiger partial charge in [-0.05, 0) is 50.6 Å². The lowest BCUT2D eigenvalue weighted by Gasteiger charge is -2.35. The first kappa shape index (κ1) is 14.3. The largest absolute Gasteiger partial charge is 0.351 e. The summed E-state index contributed by atoms with van der Waals surface area (Å²) >= 11 is 0. The molecule has 3 rings (SSSR count). The SMILES string of the molecule is Cc1cnc(N2CCC(C3CCCN3)CC2)c([N+](=O)[O-])c1. The van der Waals surface area contributed by atoms with Crippen LogP contribution >= 0.6 is 0 Å². The summed E-state index contributed by atoms with van der Waals surface area (Å²) in [6, 6.07) is 2.26. The van der Waals surface area contributed by atoms with E-state index in [1.807, 2.05) is 6.92 Å². The molecule has 1 aromatic rings. The van der Waals surface area contributed by atoms with Gasteiger partial charge in [0.25, 0.3) is 0 Å². The number of pyridine rings is 1. The topological polar surface area (TPSA) is 71.3 Å². The molecule has 1 unspecified atom stereocenters. The van der Waals surface area contributed by atoms with E-state index in [1.54, 1.807) is 12.3 Å². The Kier molecular flexibility index (Phi) is 4.05. The van der Waals surface area contributed by atoms with Gasteiger partial charge in [-0.2, -0.15) is 0 Å². The van der Waals surface area contributed by atoms with Gasteiger partial charge in [-0.1, -0.05) is 0 Å². The summed E-state index contributed by atoms with van der Waals surface area (Å²) in [5.41, 5.74) is 0.961. The molecule has 114 valence electrons. The zero-order chi connectivity index (χ0) is 14.8. The Labute approximate surface area is 124 Å². The van der Waals surface area contributed by atoms with E-state index in [9.17, 15) is 10.1 Å². The van der Waals surface area contributed by atoms with Crippen molar-refractivity contribution < 1.29 is 4.92 Å².